The lowest BCUT2D eigenvalue weighted by Crippen LogP contribution is -2.44. The largest absolute Gasteiger partial charge is 0.274 e. The molecule has 0 saturated heterocycles. The Kier molecular flexibility index (Phi) is 16.5. The first-order valence-electron chi connectivity index (χ1n) is 29.4. The molecular formula is C64H66N8O8S2. The zero-order chi connectivity index (χ0) is 57.3. The third kappa shape index (κ3) is 9.94. The lowest BCUT2D eigenvalue weighted by Gasteiger charge is -2.33. The highest BCUT2D eigenvalue weighted by atomic mass is 32.1. The van der Waals surface area contributed by atoms with Gasteiger partial charge in [-0.25, -0.2) is 0 Å². The Hall–Kier alpha value is -7.70. The van der Waals surface area contributed by atoms with Gasteiger partial charge in [0.05, 0.1) is 20.9 Å². The van der Waals surface area contributed by atoms with Crippen molar-refractivity contribution in [3.05, 3.63) is 105 Å². The van der Waals surface area contributed by atoms with Crippen LogP contribution in [0.5, 0.6) is 0 Å². The molecule has 7 aromatic rings. The van der Waals surface area contributed by atoms with Gasteiger partial charge >= 0.3 is 0 Å². The monoisotopic (exact) mass is 1140 g/mol. The fraction of sp³-hybridized carbons (Fsp3) is 0.406. The number of carbonyl (C=O) groups excluding carboxylic acids is 8. The molecule has 3 aromatic heterocycles. The highest BCUT2D eigenvalue weighted by Crippen LogP contribution is 2.47. The predicted molar refractivity (Wildman–Crippen MR) is 317 cm³/mol. The van der Waals surface area contributed by atoms with E-state index in [0.29, 0.717) is 83.4 Å². The Labute approximate surface area is 484 Å². The fourth-order valence-corrected chi connectivity index (χ4v) is 14.0. The van der Waals surface area contributed by atoms with E-state index in [0.717, 1.165) is 89.9 Å². The van der Waals surface area contributed by atoms with Crippen molar-refractivity contribution in [2.45, 2.75) is 143 Å². The van der Waals surface area contributed by atoms with Gasteiger partial charge in [-0.3, -0.25) is 58.0 Å². The molecule has 18 heteroatoms. The summed E-state index contributed by atoms with van der Waals surface area (Å²) in [5.74, 6) is -3.26. The molecule has 0 saturated carbocycles. The van der Waals surface area contributed by atoms with Crippen molar-refractivity contribution in [3.63, 3.8) is 0 Å². The lowest BCUT2D eigenvalue weighted by molar-refractivity contribution is 0.0586. The minimum Gasteiger partial charge on any atom is -0.274 e. The number of imide groups is 4. The number of thiophene rings is 2. The maximum absolute atomic E-state index is 14.9. The van der Waals surface area contributed by atoms with Crippen molar-refractivity contribution in [1.82, 2.24) is 40.0 Å². The molecule has 0 unspecified atom stereocenters. The first-order valence-corrected chi connectivity index (χ1v) is 31.1. The summed E-state index contributed by atoms with van der Waals surface area (Å²) in [4.78, 5) is 123. The zero-order valence-corrected chi connectivity index (χ0v) is 48.6. The second-order valence-electron chi connectivity index (χ2n) is 21.9. The second kappa shape index (κ2) is 24.0. The molecule has 422 valence electrons. The van der Waals surface area contributed by atoms with Gasteiger partial charge in [0.15, 0.2) is 0 Å². The number of hydrogen-bond acceptors (Lipinski definition) is 14. The summed E-state index contributed by atoms with van der Waals surface area (Å²) in [5.41, 5.74) is 3.09. The van der Waals surface area contributed by atoms with Crippen LogP contribution in [0.25, 0.3) is 63.8 Å². The number of carbonyl (C=O) groups is 8. The fourth-order valence-electron chi connectivity index (χ4n) is 12.1. The third-order valence-corrected chi connectivity index (χ3v) is 18.7. The van der Waals surface area contributed by atoms with E-state index >= 15 is 0 Å². The molecule has 7 heterocycles. The lowest BCUT2D eigenvalue weighted by atomic mass is 9.83. The van der Waals surface area contributed by atoms with Crippen molar-refractivity contribution in [2.75, 3.05) is 26.2 Å². The number of aromatic nitrogens is 4. The summed E-state index contributed by atoms with van der Waals surface area (Å²) in [6, 6.07) is 17.1. The average molecular weight is 1140 g/mol. The van der Waals surface area contributed by atoms with Gasteiger partial charge in [0, 0.05) is 102 Å². The van der Waals surface area contributed by atoms with Crippen LogP contribution in [0.15, 0.2) is 60.7 Å². The van der Waals surface area contributed by atoms with E-state index in [4.69, 9.17) is 0 Å². The Morgan fingerprint density at radius 3 is 0.902 bits per heavy atom. The first kappa shape index (κ1) is 56.2. The van der Waals surface area contributed by atoms with Crippen LogP contribution in [-0.2, 0) is 0 Å². The maximum Gasteiger partial charge on any atom is 0.262 e. The molecule has 0 bridgehead atoms. The van der Waals surface area contributed by atoms with E-state index in [1.54, 1.807) is 48.5 Å². The Morgan fingerprint density at radius 2 is 0.561 bits per heavy atom. The van der Waals surface area contributed by atoms with Crippen molar-refractivity contribution in [1.29, 1.82) is 0 Å². The molecular weight excluding hydrogens is 1070 g/mol. The van der Waals surface area contributed by atoms with Crippen LogP contribution in [-0.4, -0.2) is 113 Å². The SMILES string of the molecule is CCCCCCCCN1C(=O)c2ccc3c4c(cc(-c5ccc(-c6nnc(-c7ccc(-c8cc9c%10c(ccc%11c%10c8C(=O)N(CCCCCC)C%11=O)C(=O)N(CCCCCC)C9=O)s7)nn6)s5)c(c24)C1=O)C(=O)N(CCCCCC)C3=O. The average Bonchev–Trinajstić information content (AvgIpc) is 3.34. The molecule has 0 spiro atoms. The Morgan fingerprint density at radius 1 is 0.293 bits per heavy atom. The smallest absolute Gasteiger partial charge is 0.262 e. The minimum atomic E-state index is -0.480. The highest BCUT2D eigenvalue weighted by Gasteiger charge is 2.44. The van der Waals surface area contributed by atoms with Crippen molar-refractivity contribution in [3.8, 4) is 42.3 Å². The van der Waals surface area contributed by atoms with Crippen LogP contribution < -0.4 is 0 Å². The molecule has 4 aromatic carbocycles. The van der Waals surface area contributed by atoms with Gasteiger partial charge in [0.25, 0.3) is 47.3 Å². The highest BCUT2D eigenvalue weighted by molar-refractivity contribution is 7.19. The van der Waals surface area contributed by atoms with E-state index in [1.807, 2.05) is 12.1 Å². The van der Waals surface area contributed by atoms with Crippen LogP contribution in [0.1, 0.15) is 226 Å². The van der Waals surface area contributed by atoms with Gasteiger partial charge in [0.2, 0.25) is 11.6 Å². The molecule has 82 heavy (non-hydrogen) atoms. The summed E-state index contributed by atoms with van der Waals surface area (Å²) in [7, 11) is 0. The summed E-state index contributed by atoms with van der Waals surface area (Å²) in [6.45, 7) is 9.41. The van der Waals surface area contributed by atoms with Crippen LogP contribution >= 0.6 is 22.7 Å². The van der Waals surface area contributed by atoms with E-state index in [-0.39, 0.29) is 76.8 Å². The molecule has 4 aliphatic rings. The normalized spacial score (nSPS) is 14.8. The molecule has 11 rings (SSSR count). The first-order chi connectivity index (χ1) is 39.9. The van der Waals surface area contributed by atoms with Crippen LogP contribution in [0.3, 0.4) is 0 Å². The number of nitrogens with zero attached hydrogens (tertiary/aromatic N) is 8. The van der Waals surface area contributed by atoms with Gasteiger partial charge in [-0.2, -0.15) is 0 Å². The Balaban J connectivity index is 0.936. The number of hydrogen-bond donors (Lipinski definition) is 0. The summed E-state index contributed by atoms with van der Waals surface area (Å²) in [6.07, 6.45) is 16.2. The molecule has 16 nitrogen and oxygen atoms in total. The molecule has 0 aliphatic carbocycles. The molecule has 0 N–H and O–H groups in total. The molecule has 8 amide bonds. The van der Waals surface area contributed by atoms with E-state index in [1.165, 1.54) is 42.3 Å². The van der Waals surface area contributed by atoms with Crippen molar-refractivity contribution >= 4 is 91.5 Å². The molecule has 0 fully saturated rings. The van der Waals surface area contributed by atoms with Crippen LogP contribution in [0, 0.1) is 0 Å². The zero-order valence-electron chi connectivity index (χ0n) is 47.0. The summed E-state index contributed by atoms with van der Waals surface area (Å²) >= 11 is 2.56. The molecule has 0 radical (unpaired) electrons. The topological polar surface area (TPSA) is 201 Å². The molecule has 0 atom stereocenters. The van der Waals surface area contributed by atoms with E-state index in [9.17, 15) is 38.4 Å². The summed E-state index contributed by atoms with van der Waals surface area (Å²) in [5, 5.41) is 19.4. The number of amides is 8. The number of benzene rings is 4. The van der Waals surface area contributed by atoms with Gasteiger partial charge in [-0.05, 0) is 86.3 Å². The van der Waals surface area contributed by atoms with Gasteiger partial charge in [-0.1, -0.05) is 118 Å². The van der Waals surface area contributed by atoms with Crippen LogP contribution in [0.2, 0.25) is 0 Å². The van der Waals surface area contributed by atoms with Crippen molar-refractivity contribution in [2.24, 2.45) is 0 Å². The minimum absolute atomic E-state index is 0.198. The maximum atomic E-state index is 14.9. The molecule has 4 aliphatic heterocycles. The third-order valence-electron chi connectivity index (χ3n) is 16.4. The van der Waals surface area contributed by atoms with E-state index in [2.05, 4.69) is 48.1 Å². The van der Waals surface area contributed by atoms with E-state index < -0.39 is 47.3 Å². The van der Waals surface area contributed by atoms with Crippen LogP contribution in [0.4, 0.5) is 0 Å². The standard InChI is InChI=1S/C64H66N8O8S2/c1-5-9-13-17-18-22-34-72-60(76)40-26-24-38-50-44(62(78)70(58(38)74)32-20-15-11-7-3)36-42(54(52(40)50)64(72)80)46-28-30-48(82-46)56-67-65-55(66-68-56)47-29-27-45(81-47)41-35-43-49-37(57(73)69(61(43)77)31-19-14-10-6-2)23-25-39-51(49)53(41)63(79)71(59(39)75)33-21-16-12-8-4/h23-30,35-36H,5-22,31-34H2,1-4H3. The van der Waals surface area contributed by atoms with Gasteiger partial charge < -0.3 is 0 Å². The number of unbranched alkanes of at least 4 members (excludes halogenated alkanes) is 14. The number of rotatable bonds is 26. The second-order valence-corrected chi connectivity index (χ2v) is 24.1. The Bertz CT molecular complexity index is 3770. The van der Waals surface area contributed by atoms with Gasteiger partial charge in [0.1, 0.15) is 0 Å². The predicted octanol–water partition coefficient (Wildman–Crippen LogP) is 13.8. The van der Waals surface area contributed by atoms with Crippen molar-refractivity contribution < 1.29 is 38.4 Å². The quantitative estimate of drug-likeness (QED) is 0.0367. The summed E-state index contributed by atoms with van der Waals surface area (Å²) < 4.78 is 0. The van der Waals surface area contributed by atoms with Gasteiger partial charge in [-0.15, -0.1) is 43.1 Å².